The average molecular weight is 534 g/mol. The van der Waals surface area contributed by atoms with Crippen molar-refractivity contribution in [3.8, 4) is 0 Å². The molecule has 0 radical (unpaired) electrons. The Morgan fingerprint density at radius 1 is 0.949 bits per heavy atom. The number of pyridine rings is 2. The molecule has 0 saturated heterocycles. The molecule has 3 heterocycles. The Hall–Kier alpha value is -5.00. The van der Waals surface area contributed by atoms with E-state index in [-0.39, 0.29) is 17.8 Å². The number of amides is 2. The Bertz CT molecular complexity index is 1700. The van der Waals surface area contributed by atoms with Gasteiger partial charge in [0.25, 0.3) is 11.8 Å². The smallest absolute Gasteiger partial charge is 0.383 e. The summed E-state index contributed by atoms with van der Waals surface area (Å²) in [6.07, 6.45) is -2.27. The highest BCUT2D eigenvalue weighted by molar-refractivity contribution is 6.10. The second-order valence-corrected chi connectivity index (χ2v) is 8.85. The van der Waals surface area contributed by atoms with Crippen LogP contribution in [0.5, 0.6) is 0 Å². The van der Waals surface area contributed by atoms with Crippen LogP contribution in [0.15, 0.2) is 73.1 Å². The molecule has 3 aromatic heterocycles. The molecule has 0 saturated carbocycles. The number of nitrogens with two attached hydrogens (primary N) is 1. The number of carbonyl (C=O) groups excluding carboxylic acids is 2. The van der Waals surface area contributed by atoms with Crippen molar-refractivity contribution in [1.29, 1.82) is 0 Å². The maximum atomic E-state index is 13.9. The number of nitrogen functional groups attached to an aromatic ring is 1. The predicted octanol–water partition coefficient (Wildman–Crippen LogP) is 4.45. The van der Waals surface area contributed by atoms with Gasteiger partial charge in [0.2, 0.25) is 0 Å². The lowest BCUT2D eigenvalue weighted by molar-refractivity contribution is -0.137. The highest BCUT2D eigenvalue weighted by atomic mass is 19.4. The maximum absolute atomic E-state index is 13.9. The molecule has 39 heavy (non-hydrogen) atoms. The molecule has 0 fully saturated rings. The van der Waals surface area contributed by atoms with E-state index in [1.807, 2.05) is 0 Å². The number of hydrogen-bond acceptors (Lipinski definition) is 6. The molecule has 0 aliphatic carbocycles. The van der Waals surface area contributed by atoms with Crippen LogP contribution in [0.2, 0.25) is 0 Å². The molecule has 0 atom stereocenters. The standard InChI is InChI=1S/C27H22F3N7O2/c1-35-23-20-12-17(8-11-22(20)34-24(31)21(23)14-33-35)26(39)37(36(2)25(38)16-6-4-3-5-7-16)15-19-10-9-18(13-32-19)27(28,29)30/h3-14H,15H2,1-2H3,(H2,31,34). The van der Waals surface area contributed by atoms with Crippen molar-refractivity contribution < 1.29 is 22.8 Å². The van der Waals surface area contributed by atoms with Crippen LogP contribution in [0, 0.1) is 0 Å². The molecule has 5 aromatic rings. The summed E-state index contributed by atoms with van der Waals surface area (Å²) in [5.41, 5.74) is 7.08. The summed E-state index contributed by atoms with van der Waals surface area (Å²) in [6, 6.07) is 15.2. The molecule has 0 bridgehead atoms. The summed E-state index contributed by atoms with van der Waals surface area (Å²) in [5.74, 6) is -0.759. The number of benzene rings is 2. The van der Waals surface area contributed by atoms with E-state index in [0.717, 1.165) is 16.1 Å². The van der Waals surface area contributed by atoms with Gasteiger partial charge in [0, 0.05) is 36.8 Å². The third kappa shape index (κ3) is 4.83. The van der Waals surface area contributed by atoms with Crippen LogP contribution in [-0.2, 0) is 19.8 Å². The van der Waals surface area contributed by atoms with E-state index in [1.165, 1.54) is 13.1 Å². The van der Waals surface area contributed by atoms with E-state index in [1.54, 1.807) is 66.5 Å². The van der Waals surface area contributed by atoms with Gasteiger partial charge in [0.05, 0.1) is 40.4 Å². The molecule has 12 heteroatoms. The van der Waals surface area contributed by atoms with Gasteiger partial charge in [-0.25, -0.2) is 15.0 Å². The minimum atomic E-state index is -4.55. The minimum Gasteiger partial charge on any atom is -0.383 e. The average Bonchev–Trinajstić information content (AvgIpc) is 3.33. The van der Waals surface area contributed by atoms with Crippen molar-refractivity contribution in [3.63, 3.8) is 0 Å². The van der Waals surface area contributed by atoms with Gasteiger partial charge in [-0.3, -0.25) is 19.3 Å². The van der Waals surface area contributed by atoms with Gasteiger partial charge in [-0.05, 0) is 42.5 Å². The molecule has 0 aliphatic heterocycles. The van der Waals surface area contributed by atoms with Gasteiger partial charge < -0.3 is 5.73 Å². The van der Waals surface area contributed by atoms with Crippen molar-refractivity contribution in [2.24, 2.45) is 7.05 Å². The molecule has 5 rings (SSSR count). The number of fused-ring (bicyclic) bond motifs is 3. The maximum Gasteiger partial charge on any atom is 0.417 e. The number of aromatic nitrogens is 4. The molecular formula is C27H22F3N7O2. The lowest BCUT2D eigenvalue weighted by Gasteiger charge is -2.32. The summed E-state index contributed by atoms with van der Waals surface area (Å²) in [4.78, 5) is 35.4. The third-order valence-electron chi connectivity index (χ3n) is 6.33. The monoisotopic (exact) mass is 533 g/mol. The number of aryl methyl sites for hydroxylation is 1. The lowest BCUT2D eigenvalue weighted by atomic mass is 10.1. The first-order valence-corrected chi connectivity index (χ1v) is 11.7. The van der Waals surface area contributed by atoms with E-state index in [9.17, 15) is 22.8 Å². The summed E-state index contributed by atoms with van der Waals surface area (Å²) in [6.45, 7) is -0.259. The number of nitrogens with zero attached hydrogens (tertiary/aromatic N) is 6. The zero-order valence-electron chi connectivity index (χ0n) is 20.8. The van der Waals surface area contributed by atoms with Gasteiger partial charge in [-0.15, -0.1) is 0 Å². The fourth-order valence-corrected chi connectivity index (χ4v) is 4.27. The molecule has 9 nitrogen and oxygen atoms in total. The van der Waals surface area contributed by atoms with E-state index in [0.29, 0.717) is 39.4 Å². The number of hydrogen-bond donors (Lipinski definition) is 1. The van der Waals surface area contributed by atoms with Crippen LogP contribution < -0.4 is 5.73 Å². The fraction of sp³-hybridized carbons (Fsp3) is 0.148. The van der Waals surface area contributed by atoms with Crippen LogP contribution in [0.3, 0.4) is 0 Å². The van der Waals surface area contributed by atoms with E-state index < -0.39 is 23.6 Å². The number of anilines is 1. The van der Waals surface area contributed by atoms with Crippen molar-refractivity contribution in [2.45, 2.75) is 12.7 Å². The zero-order chi connectivity index (χ0) is 27.9. The van der Waals surface area contributed by atoms with Crippen molar-refractivity contribution in [1.82, 2.24) is 29.8 Å². The van der Waals surface area contributed by atoms with Gasteiger partial charge in [-0.2, -0.15) is 18.3 Å². The van der Waals surface area contributed by atoms with Crippen LogP contribution in [0.1, 0.15) is 32.0 Å². The van der Waals surface area contributed by atoms with E-state index in [2.05, 4.69) is 15.1 Å². The zero-order valence-corrected chi connectivity index (χ0v) is 20.8. The summed E-state index contributed by atoms with van der Waals surface area (Å²) >= 11 is 0. The highest BCUT2D eigenvalue weighted by Crippen LogP contribution is 2.30. The first-order chi connectivity index (χ1) is 18.5. The van der Waals surface area contributed by atoms with Gasteiger partial charge >= 0.3 is 6.18 Å². The summed E-state index contributed by atoms with van der Waals surface area (Å²) < 4.78 is 40.8. The van der Waals surface area contributed by atoms with Crippen LogP contribution in [0.4, 0.5) is 19.0 Å². The molecule has 2 amide bonds. The largest absolute Gasteiger partial charge is 0.417 e. The van der Waals surface area contributed by atoms with E-state index in [4.69, 9.17) is 5.73 Å². The van der Waals surface area contributed by atoms with Gasteiger partial charge in [-0.1, -0.05) is 18.2 Å². The number of rotatable bonds is 4. The Morgan fingerprint density at radius 3 is 2.36 bits per heavy atom. The Morgan fingerprint density at radius 2 is 1.69 bits per heavy atom. The first-order valence-electron chi connectivity index (χ1n) is 11.7. The van der Waals surface area contributed by atoms with Crippen molar-refractivity contribution >= 4 is 39.4 Å². The molecule has 2 aromatic carbocycles. The highest BCUT2D eigenvalue weighted by Gasteiger charge is 2.31. The fourth-order valence-electron chi connectivity index (χ4n) is 4.27. The van der Waals surface area contributed by atoms with Gasteiger partial charge in [0.15, 0.2) is 0 Å². The first kappa shape index (κ1) is 25.6. The lowest BCUT2D eigenvalue weighted by Crippen LogP contribution is -2.47. The number of carbonyl (C=O) groups is 2. The molecule has 2 N–H and O–H groups in total. The van der Waals surface area contributed by atoms with Crippen LogP contribution in [0.25, 0.3) is 21.8 Å². The molecule has 198 valence electrons. The second kappa shape index (κ2) is 9.71. The van der Waals surface area contributed by atoms with Crippen LogP contribution >= 0.6 is 0 Å². The minimum absolute atomic E-state index is 0.160. The topological polar surface area (TPSA) is 110 Å². The quantitative estimate of drug-likeness (QED) is 0.342. The number of alkyl halides is 3. The molecular weight excluding hydrogens is 511 g/mol. The van der Waals surface area contributed by atoms with Gasteiger partial charge in [0.1, 0.15) is 5.82 Å². The Balaban J connectivity index is 1.56. The molecule has 0 aliphatic rings. The normalized spacial score (nSPS) is 11.6. The SMILES string of the molecule is CN(C(=O)c1ccccc1)N(Cc1ccc(C(F)(F)F)cn1)C(=O)c1ccc2nc(N)c3cnn(C)c3c2c1. The van der Waals surface area contributed by atoms with Crippen molar-refractivity contribution in [3.05, 3.63) is 95.4 Å². The Labute approximate surface area is 220 Å². The van der Waals surface area contributed by atoms with Crippen LogP contribution in [-0.4, -0.2) is 48.6 Å². The number of hydrazine groups is 1. The summed E-state index contributed by atoms with van der Waals surface area (Å²) in [5, 5.41) is 7.75. The second-order valence-electron chi connectivity index (χ2n) is 8.85. The predicted molar refractivity (Wildman–Crippen MR) is 138 cm³/mol. The third-order valence-corrected chi connectivity index (χ3v) is 6.33. The van der Waals surface area contributed by atoms with E-state index >= 15 is 0 Å². The summed E-state index contributed by atoms with van der Waals surface area (Å²) in [7, 11) is 3.16. The number of halogens is 3. The molecule has 0 unspecified atom stereocenters. The molecule has 0 spiro atoms. The van der Waals surface area contributed by atoms with Crippen molar-refractivity contribution in [2.75, 3.05) is 12.8 Å². The Kier molecular flexibility index (Phi) is 6.38.